The van der Waals surface area contributed by atoms with E-state index in [1.165, 1.54) is 12.8 Å². The van der Waals surface area contributed by atoms with E-state index in [2.05, 4.69) is 17.3 Å². The maximum Gasteiger partial charge on any atom is 0.0940 e. The van der Waals surface area contributed by atoms with Gasteiger partial charge in [0.1, 0.15) is 0 Å². The van der Waals surface area contributed by atoms with Crippen molar-refractivity contribution in [1.82, 2.24) is 10.4 Å². The third-order valence-electron chi connectivity index (χ3n) is 3.35. The van der Waals surface area contributed by atoms with Crippen LogP contribution in [0.25, 0.3) is 0 Å². The van der Waals surface area contributed by atoms with Crippen LogP contribution in [0.2, 0.25) is 0 Å². The molecular formula is C12H21N3OS. The van der Waals surface area contributed by atoms with Gasteiger partial charge in [-0.2, -0.15) is 0 Å². The zero-order chi connectivity index (χ0) is 12.1. The Bertz CT molecular complexity index is 312. The fourth-order valence-electron chi connectivity index (χ4n) is 2.42. The summed E-state index contributed by atoms with van der Waals surface area (Å²) in [5.41, 5.74) is 2.91. The van der Waals surface area contributed by atoms with Gasteiger partial charge in [0.25, 0.3) is 0 Å². The molecule has 1 fully saturated rings. The van der Waals surface area contributed by atoms with Gasteiger partial charge in [-0.3, -0.25) is 11.3 Å². The lowest BCUT2D eigenvalue weighted by Crippen LogP contribution is -2.42. The van der Waals surface area contributed by atoms with Crippen LogP contribution in [0.5, 0.6) is 0 Å². The Morgan fingerprint density at radius 2 is 2.47 bits per heavy atom. The van der Waals surface area contributed by atoms with Crippen LogP contribution in [0, 0.1) is 5.92 Å². The predicted octanol–water partition coefficient (Wildman–Crippen LogP) is 1.72. The fourth-order valence-corrected chi connectivity index (χ4v) is 3.11. The zero-order valence-corrected chi connectivity index (χ0v) is 11.1. The van der Waals surface area contributed by atoms with Crippen molar-refractivity contribution in [3.05, 3.63) is 16.6 Å². The molecule has 1 aliphatic carbocycles. The van der Waals surface area contributed by atoms with Gasteiger partial charge in [0.15, 0.2) is 0 Å². The van der Waals surface area contributed by atoms with E-state index in [0.717, 1.165) is 30.4 Å². The lowest BCUT2D eigenvalue weighted by molar-refractivity contribution is -0.0290. The van der Waals surface area contributed by atoms with Gasteiger partial charge in [-0.05, 0) is 32.1 Å². The highest BCUT2D eigenvalue weighted by molar-refractivity contribution is 7.09. The lowest BCUT2D eigenvalue weighted by Gasteiger charge is -2.36. The second-order valence-electron chi connectivity index (χ2n) is 4.64. The van der Waals surface area contributed by atoms with Crippen LogP contribution in [0.15, 0.2) is 11.6 Å². The average molecular weight is 255 g/mol. The summed E-state index contributed by atoms with van der Waals surface area (Å²) in [6.45, 7) is 2.88. The van der Waals surface area contributed by atoms with Crippen molar-refractivity contribution in [2.75, 3.05) is 6.61 Å². The van der Waals surface area contributed by atoms with E-state index in [-0.39, 0.29) is 0 Å². The minimum absolute atomic E-state index is 0.341. The second kappa shape index (κ2) is 6.44. The molecule has 1 aliphatic rings. The Hall–Kier alpha value is -0.490. The third kappa shape index (κ3) is 3.74. The molecule has 96 valence electrons. The number of nitrogens with zero attached hydrogens (tertiary/aromatic N) is 1. The fraction of sp³-hybridized carbons (Fsp3) is 0.750. The van der Waals surface area contributed by atoms with Crippen molar-refractivity contribution in [2.24, 2.45) is 11.8 Å². The van der Waals surface area contributed by atoms with Crippen molar-refractivity contribution in [3.8, 4) is 0 Å². The molecule has 0 bridgehead atoms. The molecule has 1 atom stereocenters. The van der Waals surface area contributed by atoms with E-state index in [1.807, 2.05) is 11.6 Å². The van der Waals surface area contributed by atoms with Crippen molar-refractivity contribution in [1.29, 1.82) is 0 Å². The Morgan fingerprint density at radius 1 is 1.65 bits per heavy atom. The summed E-state index contributed by atoms with van der Waals surface area (Å²) in [6, 6.07) is 0.341. The van der Waals surface area contributed by atoms with Crippen LogP contribution in [0.3, 0.4) is 0 Å². The summed E-state index contributed by atoms with van der Waals surface area (Å²) < 4.78 is 5.57. The molecule has 17 heavy (non-hydrogen) atoms. The number of nitrogens with one attached hydrogen (secondary N) is 1. The first-order valence-electron chi connectivity index (χ1n) is 6.28. The Kier molecular flexibility index (Phi) is 4.91. The van der Waals surface area contributed by atoms with Crippen LogP contribution >= 0.6 is 11.3 Å². The number of nitrogens with two attached hydrogens (primary N) is 1. The highest BCUT2D eigenvalue weighted by Gasteiger charge is 2.31. The van der Waals surface area contributed by atoms with Crippen LogP contribution in [-0.2, 0) is 11.2 Å². The first-order valence-corrected chi connectivity index (χ1v) is 7.15. The SMILES string of the molecule is CCOC1CC(CC(Cc2nccs2)NN)C1. The van der Waals surface area contributed by atoms with Gasteiger partial charge in [0, 0.05) is 30.6 Å². The molecule has 1 heterocycles. The molecule has 1 saturated carbocycles. The minimum Gasteiger partial charge on any atom is -0.378 e. The topological polar surface area (TPSA) is 60.2 Å². The number of ether oxygens (including phenoxy) is 1. The Labute approximate surface area is 107 Å². The van der Waals surface area contributed by atoms with Gasteiger partial charge in [0.2, 0.25) is 0 Å². The van der Waals surface area contributed by atoms with E-state index < -0.39 is 0 Å². The maximum absolute atomic E-state index is 5.61. The highest BCUT2D eigenvalue weighted by atomic mass is 32.1. The van der Waals surface area contributed by atoms with Gasteiger partial charge in [-0.25, -0.2) is 4.98 Å². The quantitative estimate of drug-likeness (QED) is 0.575. The number of hydrogen-bond donors (Lipinski definition) is 2. The first kappa shape index (κ1) is 13.0. The summed E-state index contributed by atoms with van der Waals surface area (Å²) in [6.07, 6.45) is 6.77. The third-order valence-corrected chi connectivity index (χ3v) is 4.15. The monoisotopic (exact) mass is 255 g/mol. The summed E-state index contributed by atoms with van der Waals surface area (Å²) in [5, 5.41) is 3.17. The van der Waals surface area contributed by atoms with Crippen molar-refractivity contribution >= 4 is 11.3 Å². The van der Waals surface area contributed by atoms with E-state index in [4.69, 9.17) is 10.6 Å². The average Bonchev–Trinajstić information content (AvgIpc) is 2.77. The molecule has 0 amide bonds. The normalized spacial score (nSPS) is 25.5. The standard InChI is InChI=1S/C12H21N3OS/c1-2-16-11-6-9(7-11)5-10(15-13)8-12-14-3-4-17-12/h3-4,9-11,15H,2,5-8,13H2,1H3. The smallest absolute Gasteiger partial charge is 0.0940 e. The molecule has 3 N–H and O–H groups in total. The van der Waals surface area contributed by atoms with Crippen molar-refractivity contribution in [3.63, 3.8) is 0 Å². The van der Waals surface area contributed by atoms with Gasteiger partial charge in [-0.1, -0.05) is 0 Å². The van der Waals surface area contributed by atoms with Gasteiger partial charge >= 0.3 is 0 Å². The summed E-state index contributed by atoms with van der Waals surface area (Å²) in [7, 11) is 0. The first-order chi connectivity index (χ1) is 8.31. The van der Waals surface area contributed by atoms with Gasteiger partial charge < -0.3 is 4.74 Å². The molecule has 1 aromatic heterocycles. The molecule has 2 rings (SSSR count). The van der Waals surface area contributed by atoms with Gasteiger partial charge in [-0.15, -0.1) is 11.3 Å². The molecular weight excluding hydrogens is 234 g/mol. The number of aromatic nitrogens is 1. The molecule has 0 spiro atoms. The van der Waals surface area contributed by atoms with Crippen LogP contribution in [-0.4, -0.2) is 23.7 Å². The Morgan fingerprint density at radius 3 is 3.06 bits per heavy atom. The number of hydrazine groups is 1. The number of thiazole rings is 1. The summed E-state index contributed by atoms with van der Waals surface area (Å²) in [5.74, 6) is 6.36. The van der Waals surface area contributed by atoms with E-state index in [9.17, 15) is 0 Å². The van der Waals surface area contributed by atoms with E-state index in [1.54, 1.807) is 11.3 Å². The lowest BCUT2D eigenvalue weighted by atomic mass is 9.78. The molecule has 0 aliphatic heterocycles. The van der Waals surface area contributed by atoms with Crippen molar-refractivity contribution < 1.29 is 4.74 Å². The molecule has 0 saturated heterocycles. The van der Waals surface area contributed by atoms with Crippen LogP contribution in [0.1, 0.15) is 31.2 Å². The summed E-state index contributed by atoms with van der Waals surface area (Å²) in [4.78, 5) is 4.30. The molecule has 1 unspecified atom stereocenters. The van der Waals surface area contributed by atoms with Crippen LogP contribution in [0.4, 0.5) is 0 Å². The van der Waals surface area contributed by atoms with Crippen molar-refractivity contribution in [2.45, 2.75) is 44.8 Å². The van der Waals surface area contributed by atoms with E-state index >= 15 is 0 Å². The largest absolute Gasteiger partial charge is 0.378 e. The molecule has 1 aromatic rings. The Balaban J connectivity index is 1.70. The zero-order valence-electron chi connectivity index (χ0n) is 10.3. The number of hydrogen-bond acceptors (Lipinski definition) is 5. The number of rotatable bonds is 7. The maximum atomic E-state index is 5.61. The summed E-state index contributed by atoms with van der Waals surface area (Å²) >= 11 is 1.70. The molecule has 0 aromatic carbocycles. The second-order valence-corrected chi connectivity index (χ2v) is 5.62. The highest BCUT2D eigenvalue weighted by Crippen LogP contribution is 2.34. The molecule has 4 nitrogen and oxygen atoms in total. The minimum atomic E-state index is 0.341. The van der Waals surface area contributed by atoms with Crippen LogP contribution < -0.4 is 11.3 Å². The predicted molar refractivity (Wildman–Crippen MR) is 69.7 cm³/mol. The molecule has 0 radical (unpaired) electrons. The molecule has 5 heteroatoms. The van der Waals surface area contributed by atoms with E-state index in [0.29, 0.717) is 12.1 Å². The van der Waals surface area contributed by atoms with Gasteiger partial charge in [0.05, 0.1) is 11.1 Å².